The van der Waals surface area contributed by atoms with Crippen LogP contribution in [0.4, 0.5) is 5.69 Å². The second kappa shape index (κ2) is 3.05. The van der Waals surface area contributed by atoms with Gasteiger partial charge in [-0.25, -0.2) is 0 Å². The number of H-pyrrole nitrogens is 1. The van der Waals surface area contributed by atoms with Crippen molar-refractivity contribution < 1.29 is 0 Å². The SMILES string of the molecule is CC(C)(C)Nc1c[nH]c2ccccc12. The van der Waals surface area contributed by atoms with E-state index in [9.17, 15) is 0 Å². The molecule has 0 bridgehead atoms. The number of nitrogens with one attached hydrogen (secondary N) is 2. The van der Waals surface area contributed by atoms with E-state index in [2.05, 4.69) is 49.3 Å². The maximum atomic E-state index is 3.47. The lowest BCUT2D eigenvalue weighted by molar-refractivity contribution is 0.635. The number of rotatable bonds is 1. The standard InChI is InChI=1S/C12H16N2/c1-12(2,3)14-11-8-13-10-7-5-4-6-9(10)11/h4-8,13-14H,1-3H3. The third-order valence-electron chi connectivity index (χ3n) is 2.10. The molecule has 2 heteroatoms. The minimum atomic E-state index is 0.102. The molecule has 1 aromatic heterocycles. The van der Waals surface area contributed by atoms with Crippen molar-refractivity contribution in [3.63, 3.8) is 0 Å². The van der Waals surface area contributed by atoms with Gasteiger partial charge in [0.1, 0.15) is 0 Å². The summed E-state index contributed by atoms with van der Waals surface area (Å²) in [5.74, 6) is 0. The van der Waals surface area contributed by atoms with E-state index in [1.54, 1.807) is 0 Å². The molecule has 14 heavy (non-hydrogen) atoms. The first-order valence-corrected chi connectivity index (χ1v) is 4.90. The van der Waals surface area contributed by atoms with Crippen LogP contribution in [0, 0.1) is 0 Å². The van der Waals surface area contributed by atoms with Crippen molar-refractivity contribution in [3.05, 3.63) is 30.5 Å². The van der Waals surface area contributed by atoms with Gasteiger partial charge in [-0.3, -0.25) is 0 Å². The van der Waals surface area contributed by atoms with Crippen LogP contribution in [0.25, 0.3) is 10.9 Å². The molecule has 2 rings (SSSR count). The van der Waals surface area contributed by atoms with Crippen molar-refractivity contribution in [2.45, 2.75) is 26.3 Å². The molecule has 0 spiro atoms. The summed E-state index contributed by atoms with van der Waals surface area (Å²) < 4.78 is 0. The Labute approximate surface area is 84.3 Å². The highest BCUT2D eigenvalue weighted by Gasteiger charge is 2.11. The first-order chi connectivity index (χ1) is 6.56. The Morgan fingerprint density at radius 1 is 1.14 bits per heavy atom. The molecule has 74 valence electrons. The Morgan fingerprint density at radius 2 is 1.86 bits per heavy atom. The topological polar surface area (TPSA) is 27.8 Å². The van der Waals surface area contributed by atoms with Crippen LogP contribution in [0.1, 0.15) is 20.8 Å². The van der Waals surface area contributed by atoms with E-state index in [1.807, 2.05) is 12.3 Å². The van der Waals surface area contributed by atoms with E-state index in [1.165, 1.54) is 16.6 Å². The van der Waals surface area contributed by atoms with Crippen molar-refractivity contribution in [2.24, 2.45) is 0 Å². The molecule has 0 unspecified atom stereocenters. The van der Waals surface area contributed by atoms with Crippen LogP contribution in [0.5, 0.6) is 0 Å². The second-order valence-corrected chi connectivity index (χ2v) is 4.62. The molecule has 0 fully saturated rings. The molecule has 2 aromatic rings. The Morgan fingerprint density at radius 3 is 2.57 bits per heavy atom. The van der Waals surface area contributed by atoms with Crippen LogP contribution < -0.4 is 5.32 Å². The zero-order valence-corrected chi connectivity index (χ0v) is 8.89. The highest BCUT2D eigenvalue weighted by atomic mass is 15.0. The van der Waals surface area contributed by atoms with Gasteiger partial charge in [0.2, 0.25) is 0 Å². The molecule has 2 nitrogen and oxygen atoms in total. The fraction of sp³-hybridized carbons (Fsp3) is 0.333. The van der Waals surface area contributed by atoms with E-state index >= 15 is 0 Å². The first kappa shape index (κ1) is 9.13. The minimum Gasteiger partial charge on any atom is -0.379 e. The lowest BCUT2D eigenvalue weighted by Gasteiger charge is -2.21. The number of aromatic nitrogens is 1. The summed E-state index contributed by atoms with van der Waals surface area (Å²) in [5.41, 5.74) is 2.46. The maximum absolute atomic E-state index is 3.47. The molecule has 0 aliphatic rings. The van der Waals surface area contributed by atoms with Crippen LogP contribution in [0.3, 0.4) is 0 Å². The average molecular weight is 188 g/mol. The summed E-state index contributed by atoms with van der Waals surface area (Å²) in [5, 5.41) is 4.73. The monoisotopic (exact) mass is 188 g/mol. The third kappa shape index (κ3) is 1.74. The quantitative estimate of drug-likeness (QED) is 0.705. The molecule has 0 amide bonds. The van der Waals surface area contributed by atoms with E-state index in [0.717, 1.165) is 0 Å². The third-order valence-corrected chi connectivity index (χ3v) is 2.10. The van der Waals surface area contributed by atoms with Crippen molar-refractivity contribution in [1.82, 2.24) is 4.98 Å². The van der Waals surface area contributed by atoms with Gasteiger partial charge in [-0.15, -0.1) is 0 Å². The second-order valence-electron chi connectivity index (χ2n) is 4.62. The predicted octanol–water partition coefficient (Wildman–Crippen LogP) is 3.38. The summed E-state index contributed by atoms with van der Waals surface area (Å²) in [6, 6.07) is 8.31. The van der Waals surface area contributed by atoms with E-state index in [-0.39, 0.29) is 5.54 Å². The fourth-order valence-electron chi connectivity index (χ4n) is 1.58. The van der Waals surface area contributed by atoms with Crippen molar-refractivity contribution in [3.8, 4) is 0 Å². The van der Waals surface area contributed by atoms with Crippen molar-refractivity contribution >= 4 is 16.6 Å². The molecule has 0 aliphatic carbocycles. The Hall–Kier alpha value is -1.44. The number of aromatic amines is 1. The summed E-state index contributed by atoms with van der Waals surface area (Å²) in [6.07, 6.45) is 2.02. The minimum absolute atomic E-state index is 0.102. The van der Waals surface area contributed by atoms with E-state index < -0.39 is 0 Å². The van der Waals surface area contributed by atoms with E-state index in [4.69, 9.17) is 0 Å². The number of para-hydroxylation sites is 1. The molecule has 2 N–H and O–H groups in total. The zero-order chi connectivity index (χ0) is 10.2. The number of fused-ring (bicyclic) bond motifs is 1. The number of hydrogen-bond donors (Lipinski definition) is 2. The van der Waals surface area contributed by atoms with Gasteiger partial charge in [-0.2, -0.15) is 0 Å². The smallest absolute Gasteiger partial charge is 0.0601 e. The molecule has 0 radical (unpaired) electrons. The Kier molecular flexibility index (Phi) is 1.99. The average Bonchev–Trinajstić information content (AvgIpc) is 2.47. The van der Waals surface area contributed by atoms with Gasteiger partial charge in [-0.1, -0.05) is 18.2 Å². The van der Waals surface area contributed by atoms with Gasteiger partial charge in [0.05, 0.1) is 5.69 Å². The molecule has 0 saturated carbocycles. The van der Waals surface area contributed by atoms with Crippen LogP contribution in [-0.4, -0.2) is 10.5 Å². The summed E-state index contributed by atoms with van der Waals surface area (Å²) in [7, 11) is 0. The molecular formula is C12H16N2. The maximum Gasteiger partial charge on any atom is 0.0601 e. The van der Waals surface area contributed by atoms with Gasteiger partial charge in [0, 0.05) is 22.6 Å². The largest absolute Gasteiger partial charge is 0.379 e. The van der Waals surface area contributed by atoms with Gasteiger partial charge in [0.15, 0.2) is 0 Å². The van der Waals surface area contributed by atoms with Crippen LogP contribution in [0.15, 0.2) is 30.5 Å². The van der Waals surface area contributed by atoms with E-state index in [0.29, 0.717) is 0 Å². The molecule has 1 heterocycles. The van der Waals surface area contributed by atoms with Gasteiger partial charge < -0.3 is 10.3 Å². The molecular weight excluding hydrogens is 172 g/mol. The molecule has 0 saturated heterocycles. The zero-order valence-electron chi connectivity index (χ0n) is 8.89. The van der Waals surface area contributed by atoms with Crippen molar-refractivity contribution in [1.29, 1.82) is 0 Å². The highest BCUT2D eigenvalue weighted by Crippen LogP contribution is 2.25. The van der Waals surface area contributed by atoms with Gasteiger partial charge in [0.25, 0.3) is 0 Å². The van der Waals surface area contributed by atoms with Gasteiger partial charge in [-0.05, 0) is 26.8 Å². The fourth-order valence-corrected chi connectivity index (χ4v) is 1.58. The van der Waals surface area contributed by atoms with Crippen LogP contribution in [0.2, 0.25) is 0 Å². The van der Waals surface area contributed by atoms with Crippen LogP contribution in [-0.2, 0) is 0 Å². The lowest BCUT2D eigenvalue weighted by atomic mass is 10.1. The lowest BCUT2D eigenvalue weighted by Crippen LogP contribution is -2.25. The molecule has 0 atom stereocenters. The van der Waals surface area contributed by atoms with Crippen molar-refractivity contribution in [2.75, 3.05) is 5.32 Å². The molecule has 1 aromatic carbocycles. The normalized spacial score (nSPS) is 11.9. The Bertz CT molecular complexity index is 435. The van der Waals surface area contributed by atoms with Crippen LogP contribution >= 0.6 is 0 Å². The predicted molar refractivity (Wildman–Crippen MR) is 61.7 cm³/mol. The number of hydrogen-bond acceptors (Lipinski definition) is 1. The summed E-state index contributed by atoms with van der Waals surface area (Å²) in [4.78, 5) is 3.25. The molecule has 0 aliphatic heterocycles. The number of benzene rings is 1. The first-order valence-electron chi connectivity index (χ1n) is 4.90. The summed E-state index contributed by atoms with van der Waals surface area (Å²) >= 11 is 0. The number of anilines is 1. The highest BCUT2D eigenvalue weighted by molar-refractivity contribution is 5.92. The summed E-state index contributed by atoms with van der Waals surface area (Å²) in [6.45, 7) is 6.48. The van der Waals surface area contributed by atoms with Gasteiger partial charge >= 0.3 is 0 Å². The Balaban J connectivity index is 2.44.